The summed E-state index contributed by atoms with van der Waals surface area (Å²) in [5, 5.41) is 2.28. The summed E-state index contributed by atoms with van der Waals surface area (Å²) < 4.78 is 6.74. The van der Waals surface area contributed by atoms with Crippen LogP contribution in [-0.2, 0) is 21.7 Å². The highest BCUT2D eigenvalue weighted by molar-refractivity contribution is 7.00. The molecule has 9 aromatic rings. The number of benzene rings is 8. The Morgan fingerprint density at radius 3 is 1.68 bits per heavy atom. The molecular weight excluding hydrogens is 886 g/mol. The summed E-state index contributed by atoms with van der Waals surface area (Å²) in [6, 6.07) is 63.0. The molecule has 13 rings (SSSR count). The SMILES string of the molecule is CC(C)(C)c1cccc(N2c3cc(C(C)(C)C)ccc3B3c4ccc(C(C)(C)C)cc4N(c4ccc5c(c4)oc4ccccc45)c4cc(N5c6ccc(-c7ccccc7)cc6C6(C)CCCCC56C)cc2c43)c1. The van der Waals surface area contributed by atoms with Gasteiger partial charge in [-0.2, -0.15) is 0 Å². The van der Waals surface area contributed by atoms with Gasteiger partial charge in [0, 0.05) is 67.8 Å². The molecule has 0 amide bonds. The molecule has 0 N–H and O–H groups in total. The van der Waals surface area contributed by atoms with Gasteiger partial charge in [0.15, 0.2) is 0 Å². The van der Waals surface area contributed by atoms with Crippen molar-refractivity contribution in [3.8, 4) is 11.1 Å². The number of rotatable bonds is 4. The fourth-order valence-corrected chi connectivity index (χ4v) is 13.5. The maximum atomic E-state index is 6.74. The molecule has 1 aliphatic carbocycles. The fourth-order valence-electron chi connectivity index (χ4n) is 13.5. The Morgan fingerprint density at radius 1 is 0.438 bits per heavy atom. The van der Waals surface area contributed by atoms with Crippen molar-refractivity contribution in [3.63, 3.8) is 0 Å². The van der Waals surface area contributed by atoms with Crippen molar-refractivity contribution >= 4 is 90.5 Å². The standard InChI is InChI=1S/C68H68BN3O/c1-64(2,3)45-22-19-23-48(37-45)70-57-38-46(65(4,5)6)27-31-54(57)69-55-32-28-47(66(7,8)9)39-58(55)71(49-29-30-52-51-24-15-16-25-61(51)73-62(52)42-49)60-41-50(40-59(70)63(60)69)72-56-33-26-44(43-20-13-12-14-21-43)36-53(56)67(10)34-17-18-35-68(67,72)11/h12-16,19-33,36-42H,17-18,34-35H2,1-11H3. The fraction of sp³-hybridized carbons (Fsp3) is 0.294. The van der Waals surface area contributed by atoms with E-state index in [2.05, 4.69) is 255 Å². The van der Waals surface area contributed by atoms with Crippen LogP contribution in [0.25, 0.3) is 33.1 Å². The van der Waals surface area contributed by atoms with Crippen molar-refractivity contribution < 1.29 is 4.42 Å². The lowest BCUT2D eigenvalue weighted by molar-refractivity contribution is 0.195. The number of nitrogens with zero attached hydrogens (tertiary/aromatic N) is 3. The van der Waals surface area contributed by atoms with Crippen molar-refractivity contribution in [2.24, 2.45) is 0 Å². The molecule has 0 radical (unpaired) electrons. The predicted octanol–water partition coefficient (Wildman–Crippen LogP) is 17.0. The number of anilines is 8. The summed E-state index contributed by atoms with van der Waals surface area (Å²) >= 11 is 0. The van der Waals surface area contributed by atoms with Gasteiger partial charge in [-0.3, -0.25) is 0 Å². The van der Waals surface area contributed by atoms with Gasteiger partial charge >= 0.3 is 0 Å². The van der Waals surface area contributed by atoms with E-state index in [9.17, 15) is 0 Å². The highest BCUT2D eigenvalue weighted by Gasteiger charge is 2.58. The van der Waals surface area contributed by atoms with E-state index in [0.717, 1.165) is 40.5 Å². The smallest absolute Gasteiger partial charge is 0.252 e. The molecule has 73 heavy (non-hydrogen) atoms. The van der Waals surface area contributed by atoms with Crippen LogP contribution in [0.1, 0.15) is 124 Å². The number of furan rings is 1. The summed E-state index contributed by atoms with van der Waals surface area (Å²) in [5.74, 6) is 0. The van der Waals surface area contributed by atoms with E-state index < -0.39 is 0 Å². The first-order valence-electron chi connectivity index (χ1n) is 26.9. The van der Waals surface area contributed by atoms with Crippen molar-refractivity contribution in [2.45, 2.75) is 129 Å². The van der Waals surface area contributed by atoms with Gasteiger partial charge in [0.2, 0.25) is 0 Å². The minimum absolute atomic E-state index is 0.0184. The van der Waals surface area contributed by atoms with Gasteiger partial charge in [-0.25, -0.2) is 0 Å². The monoisotopic (exact) mass is 954 g/mol. The van der Waals surface area contributed by atoms with E-state index in [4.69, 9.17) is 4.42 Å². The van der Waals surface area contributed by atoms with Crippen LogP contribution in [0.15, 0.2) is 168 Å². The molecule has 0 bridgehead atoms. The maximum absolute atomic E-state index is 6.74. The minimum atomic E-state index is -0.184. The molecule has 1 aromatic heterocycles. The van der Waals surface area contributed by atoms with Gasteiger partial charge in [0.25, 0.3) is 6.71 Å². The zero-order valence-electron chi connectivity index (χ0n) is 44.7. The summed E-state index contributed by atoms with van der Waals surface area (Å²) in [4.78, 5) is 8.05. The molecular formula is C68H68BN3O. The Morgan fingerprint density at radius 2 is 1.03 bits per heavy atom. The minimum Gasteiger partial charge on any atom is -0.456 e. The van der Waals surface area contributed by atoms with Gasteiger partial charge in [-0.05, 0) is 153 Å². The van der Waals surface area contributed by atoms with Crippen LogP contribution in [0.3, 0.4) is 0 Å². The van der Waals surface area contributed by atoms with E-state index in [-0.39, 0.29) is 33.9 Å². The second-order valence-corrected chi connectivity index (χ2v) is 25.4. The lowest BCUT2D eigenvalue weighted by atomic mass is 9.33. The normalized spacial score (nSPS) is 19.2. The van der Waals surface area contributed by atoms with Crippen molar-refractivity contribution in [1.82, 2.24) is 0 Å². The van der Waals surface area contributed by atoms with E-state index in [1.54, 1.807) is 0 Å². The molecule has 3 aliphatic heterocycles. The predicted molar refractivity (Wildman–Crippen MR) is 312 cm³/mol. The van der Waals surface area contributed by atoms with Gasteiger partial charge in [0.05, 0.1) is 5.54 Å². The van der Waals surface area contributed by atoms with E-state index in [1.165, 1.54) is 102 Å². The van der Waals surface area contributed by atoms with E-state index in [0.29, 0.717) is 0 Å². The first kappa shape index (κ1) is 45.9. The molecule has 2 unspecified atom stereocenters. The molecule has 0 spiro atoms. The highest BCUT2D eigenvalue weighted by atomic mass is 16.3. The van der Waals surface area contributed by atoms with Crippen molar-refractivity contribution in [3.05, 3.63) is 186 Å². The third-order valence-corrected chi connectivity index (χ3v) is 17.8. The van der Waals surface area contributed by atoms with Crippen LogP contribution in [0, 0.1) is 0 Å². The van der Waals surface area contributed by atoms with Gasteiger partial charge in [-0.1, -0.05) is 173 Å². The zero-order chi connectivity index (χ0) is 50.6. The van der Waals surface area contributed by atoms with Gasteiger partial charge in [-0.15, -0.1) is 0 Å². The third kappa shape index (κ3) is 6.86. The molecule has 4 heterocycles. The summed E-state index contributed by atoms with van der Waals surface area (Å²) in [7, 11) is 0. The number of fused-ring (bicyclic) bond motifs is 10. The Labute approximate surface area is 433 Å². The van der Waals surface area contributed by atoms with E-state index >= 15 is 0 Å². The quantitative estimate of drug-likeness (QED) is 0.164. The molecule has 364 valence electrons. The van der Waals surface area contributed by atoms with Gasteiger partial charge in [0.1, 0.15) is 11.2 Å². The molecule has 2 atom stereocenters. The third-order valence-electron chi connectivity index (χ3n) is 17.8. The molecule has 1 saturated carbocycles. The number of hydrogen-bond donors (Lipinski definition) is 0. The van der Waals surface area contributed by atoms with Crippen LogP contribution in [-0.4, -0.2) is 12.3 Å². The van der Waals surface area contributed by atoms with Crippen LogP contribution in [0.4, 0.5) is 45.5 Å². The summed E-state index contributed by atoms with van der Waals surface area (Å²) in [5.41, 5.74) is 23.1. The maximum Gasteiger partial charge on any atom is 0.252 e. The topological polar surface area (TPSA) is 22.9 Å². The number of para-hydroxylation sites is 1. The average molecular weight is 954 g/mol. The molecule has 4 aliphatic rings. The Hall–Kier alpha value is -6.98. The Bertz CT molecular complexity index is 3710. The van der Waals surface area contributed by atoms with Gasteiger partial charge < -0.3 is 19.1 Å². The lowest BCUT2D eigenvalue weighted by Gasteiger charge is -2.51. The molecule has 5 heteroatoms. The number of hydrogen-bond acceptors (Lipinski definition) is 4. The molecule has 1 fully saturated rings. The second kappa shape index (κ2) is 15.8. The summed E-state index contributed by atoms with van der Waals surface area (Å²) in [6.07, 6.45) is 4.67. The van der Waals surface area contributed by atoms with Crippen LogP contribution in [0.2, 0.25) is 0 Å². The molecule has 8 aromatic carbocycles. The van der Waals surface area contributed by atoms with Crippen LogP contribution in [0.5, 0.6) is 0 Å². The van der Waals surface area contributed by atoms with Crippen molar-refractivity contribution in [2.75, 3.05) is 14.7 Å². The Kier molecular flexibility index (Phi) is 9.90. The highest BCUT2D eigenvalue weighted by Crippen LogP contribution is 2.62. The first-order chi connectivity index (χ1) is 34.8. The molecule has 4 nitrogen and oxygen atoms in total. The lowest BCUT2D eigenvalue weighted by Crippen LogP contribution is -2.61. The largest absolute Gasteiger partial charge is 0.456 e. The summed E-state index contributed by atoms with van der Waals surface area (Å²) in [6.45, 7) is 26.2. The average Bonchev–Trinajstić information content (AvgIpc) is 3.84. The van der Waals surface area contributed by atoms with Crippen molar-refractivity contribution in [1.29, 1.82) is 0 Å². The van der Waals surface area contributed by atoms with Crippen LogP contribution < -0.4 is 31.1 Å². The first-order valence-corrected chi connectivity index (χ1v) is 26.9. The zero-order valence-corrected chi connectivity index (χ0v) is 44.7. The van der Waals surface area contributed by atoms with Crippen LogP contribution >= 0.6 is 0 Å². The van der Waals surface area contributed by atoms with E-state index in [1.807, 2.05) is 0 Å². The second-order valence-electron chi connectivity index (χ2n) is 25.4. The molecule has 0 saturated heterocycles. The Balaban J connectivity index is 1.15.